The second kappa shape index (κ2) is 9.59. The van der Waals surface area contributed by atoms with E-state index in [1.165, 1.54) is 21.5 Å². The normalized spacial score (nSPS) is 12.7. The Morgan fingerprint density at radius 2 is 1.96 bits per heavy atom. The van der Waals surface area contributed by atoms with Crippen molar-refractivity contribution in [1.82, 2.24) is 19.9 Å². The SMILES string of the molecule is CCN(CCCNC(=NC)NCCc1c[nH]c2ccccc12)S(C)(=O)=O. The second-order valence-corrected chi connectivity index (χ2v) is 8.13. The Bertz CT molecular complexity index is 829. The van der Waals surface area contributed by atoms with E-state index in [1.54, 1.807) is 7.05 Å². The molecule has 1 aromatic carbocycles. The molecule has 0 spiro atoms. The predicted octanol–water partition coefficient (Wildman–Crippen LogP) is 1.55. The van der Waals surface area contributed by atoms with E-state index in [9.17, 15) is 8.42 Å². The number of aromatic nitrogens is 1. The molecule has 0 aliphatic heterocycles. The number of benzene rings is 1. The minimum atomic E-state index is -3.12. The van der Waals surface area contributed by atoms with Crippen molar-refractivity contribution in [2.24, 2.45) is 4.99 Å². The summed E-state index contributed by atoms with van der Waals surface area (Å²) in [5.74, 6) is 0.729. The summed E-state index contributed by atoms with van der Waals surface area (Å²) >= 11 is 0. The van der Waals surface area contributed by atoms with Crippen molar-refractivity contribution in [3.8, 4) is 0 Å². The van der Waals surface area contributed by atoms with E-state index in [0.717, 1.165) is 30.9 Å². The van der Waals surface area contributed by atoms with Gasteiger partial charge in [-0.3, -0.25) is 4.99 Å². The molecule has 0 amide bonds. The lowest BCUT2D eigenvalue weighted by Crippen LogP contribution is -2.40. The zero-order chi connectivity index (χ0) is 19.0. The summed E-state index contributed by atoms with van der Waals surface area (Å²) in [7, 11) is -1.39. The molecule has 0 aliphatic rings. The number of aliphatic imine (C=N–C) groups is 1. The number of hydrogen-bond donors (Lipinski definition) is 3. The highest BCUT2D eigenvalue weighted by Crippen LogP contribution is 2.17. The Morgan fingerprint density at radius 3 is 2.65 bits per heavy atom. The van der Waals surface area contributed by atoms with E-state index >= 15 is 0 Å². The van der Waals surface area contributed by atoms with Crippen LogP contribution in [-0.2, 0) is 16.4 Å². The summed E-state index contributed by atoms with van der Waals surface area (Å²) in [4.78, 5) is 7.49. The number of guanidine groups is 1. The number of nitrogens with one attached hydrogen (secondary N) is 3. The average molecular weight is 380 g/mol. The van der Waals surface area contributed by atoms with Gasteiger partial charge in [0.15, 0.2) is 5.96 Å². The van der Waals surface area contributed by atoms with Gasteiger partial charge < -0.3 is 15.6 Å². The third-order valence-electron chi connectivity index (χ3n) is 4.28. The zero-order valence-electron chi connectivity index (χ0n) is 15.7. The molecule has 2 aromatic rings. The largest absolute Gasteiger partial charge is 0.361 e. The summed E-state index contributed by atoms with van der Waals surface area (Å²) in [6, 6.07) is 8.26. The molecule has 0 unspecified atom stereocenters. The molecular formula is C18H29N5O2S. The first kappa shape index (κ1) is 20.3. The molecular weight excluding hydrogens is 350 g/mol. The Balaban J connectivity index is 1.73. The quantitative estimate of drug-likeness (QED) is 0.350. The van der Waals surface area contributed by atoms with Crippen LogP contribution < -0.4 is 10.6 Å². The van der Waals surface area contributed by atoms with Crippen LogP contribution in [0.1, 0.15) is 18.9 Å². The maximum atomic E-state index is 11.6. The standard InChI is InChI=1S/C18H29N5O2S/c1-4-23(26(3,24)25)13-7-11-20-18(19-2)21-12-10-15-14-22-17-9-6-5-8-16(15)17/h5-6,8-9,14,22H,4,7,10-13H2,1-3H3,(H2,19,20,21). The van der Waals surface area contributed by atoms with Crippen LogP contribution in [0.25, 0.3) is 10.9 Å². The van der Waals surface area contributed by atoms with E-state index < -0.39 is 10.0 Å². The number of nitrogens with zero attached hydrogens (tertiary/aromatic N) is 2. The van der Waals surface area contributed by atoms with Crippen LogP contribution in [0.15, 0.2) is 35.5 Å². The third kappa shape index (κ3) is 5.74. The number of para-hydroxylation sites is 1. The lowest BCUT2D eigenvalue weighted by atomic mass is 10.1. The molecule has 0 aliphatic carbocycles. The topological polar surface area (TPSA) is 89.6 Å². The van der Waals surface area contributed by atoms with Gasteiger partial charge in [0.1, 0.15) is 0 Å². The van der Waals surface area contributed by atoms with E-state index in [4.69, 9.17) is 0 Å². The van der Waals surface area contributed by atoms with Crippen molar-refractivity contribution in [1.29, 1.82) is 0 Å². The Morgan fingerprint density at radius 1 is 1.23 bits per heavy atom. The van der Waals surface area contributed by atoms with Crippen LogP contribution >= 0.6 is 0 Å². The maximum absolute atomic E-state index is 11.6. The van der Waals surface area contributed by atoms with Gasteiger partial charge in [0.05, 0.1) is 6.26 Å². The molecule has 3 N–H and O–H groups in total. The summed E-state index contributed by atoms with van der Waals surface area (Å²) in [6.07, 6.45) is 4.91. The van der Waals surface area contributed by atoms with Crippen LogP contribution in [0.5, 0.6) is 0 Å². The molecule has 0 bridgehead atoms. The minimum Gasteiger partial charge on any atom is -0.361 e. The van der Waals surface area contributed by atoms with Crippen LogP contribution in [0, 0.1) is 0 Å². The molecule has 7 nitrogen and oxygen atoms in total. The van der Waals surface area contributed by atoms with Crippen LogP contribution in [-0.4, -0.2) is 63.1 Å². The Labute approximate surface area is 155 Å². The highest BCUT2D eigenvalue weighted by Gasteiger charge is 2.13. The number of rotatable bonds is 9. The molecule has 8 heteroatoms. The lowest BCUT2D eigenvalue weighted by molar-refractivity contribution is 0.424. The summed E-state index contributed by atoms with van der Waals surface area (Å²) in [6.45, 7) is 4.29. The molecule has 2 rings (SSSR count). The molecule has 26 heavy (non-hydrogen) atoms. The molecule has 1 heterocycles. The smallest absolute Gasteiger partial charge is 0.211 e. The predicted molar refractivity (Wildman–Crippen MR) is 108 cm³/mol. The second-order valence-electron chi connectivity index (χ2n) is 6.14. The molecule has 1 aromatic heterocycles. The van der Waals surface area contributed by atoms with Crippen molar-refractivity contribution in [3.63, 3.8) is 0 Å². The highest BCUT2D eigenvalue weighted by atomic mass is 32.2. The highest BCUT2D eigenvalue weighted by molar-refractivity contribution is 7.88. The van der Waals surface area contributed by atoms with Gasteiger partial charge in [-0.25, -0.2) is 12.7 Å². The summed E-state index contributed by atoms with van der Waals surface area (Å²) in [5.41, 5.74) is 2.42. The van der Waals surface area contributed by atoms with Crippen molar-refractivity contribution in [2.45, 2.75) is 19.8 Å². The van der Waals surface area contributed by atoms with Crippen molar-refractivity contribution >= 4 is 26.9 Å². The number of fused-ring (bicyclic) bond motifs is 1. The Kier molecular flexibility index (Phi) is 7.47. The monoisotopic (exact) mass is 379 g/mol. The Hall–Kier alpha value is -2.06. The van der Waals surface area contributed by atoms with Crippen molar-refractivity contribution < 1.29 is 8.42 Å². The van der Waals surface area contributed by atoms with Crippen LogP contribution in [0.3, 0.4) is 0 Å². The number of sulfonamides is 1. The molecule has 144 valence electrons. The van der Waals surface area contributed by atoms with Gasteiger partial charge in [0, 0.05) is 50.3 Å². The van der Waals surface area contributed by atoms with Crippen molar-refractivity contribution in [3.05, 3.63) is 36.0 Å². The maximum Gasteiger partial charge on any atom is 0.211 e. The lowest BCUT2D eigenvalue weighted by Gasteiger charge is -2.18. The van der Waals surface area contributed by atoms with Gasteiger partial charge in [-0.15, -0.1) is 0 Å². The third-order valence-corrected chi connectivity index (χ3v) is 5.66. The molecule has 0 saturated carbocycles. The van der Waals surface area contributed by atoms with E-state index in [1.807, 2.05) is 25.3 Å². The van der Waals surface area contributed by atoms with Gasteiger partial charge >= 0.3 is 0 Å². The summed E-state index contributed by atoms with van der Waals surface area (Å²) in [5, 5.41) is 7.77. The van der Waals surface area contributed by atoms with Gasteiger partial charge in [0.2, 0.25) is 10.0 Å². The molecule has 0 radical (unpaired) electrons. The minimum absolute atomic E-state index is 0.496. The fourth-order valence-corrected chi connectivity index (χ4v) is 3.83. The molecule has 0 atom stereocenters. The van der Waals surface area contributed by atoms with Gasteiger partial charge in [0.25, 0.3) is 0 Å². The number of H-pyrrole nitrogens is 1. The molecule has 0 fully saturated rings. The first-order valence-electron chi connectivity index (χ1n) is 8.90. The molecule has 0 saturated heterocycles. The average Bonchev–Trinajstić information content (AvgIpc) is 3.02. The van der Waals surface area contributed by atoms with Gasteiger partial charge in [-0.2, -0.15) is 0 Å². The fraction of sp³-hybridized carbons (Fsp3) is 0.500. The van der Waals surface area contributed by atoms with E-state index in [0.29, 0.717) is 19.6 Å². The number of aromatic amines is 1. The van der Waals surface area contributed by atoms with Crippen molar-refractivity contribution in [2.75, 3.05) is 39.5 Å². The van der Waals surface area contributed by atoms with Crippen LogP contribution in [0.2, 0.25) is 0 Å². The first-order valence-corrected chi connectivity index (χ1v) is 10.7. The summed E-state index contributed by atoms with van der Waals surface area (Å²) < 4.78 is 24.6. The number of hydrogen-bond acceptors (Lipinski definition) is 3. The van der Waals surface area contributed by atoms with Gasteiger partial charge in [-0.1, -0.05) is 25.1 Å². The van der Waals surface area contributed by atoms with E-state index in [-0.39, 0.29) is 0 Å². The fourth-order valence-electron chi connectivity index (χ4n) is 2.90. The zero-order valence-corrected chi connectivity index (χ0v) is 16.6. The van der Waals surface area contributed by atoms with Crippen LogP contribution in [0.4, 0.5) is 0 Å². The van der Waals surface area contributed by atoms with E-state index in [2.05, 4.69) is 32.7 Å². The van der Waals surface area contributed by atoms with Gasteiger partial charge in [-0.05, 0) is 24.5 Å². The first-order chi connectivity index (χ1) is 12.5.